The minimum absolute atomic E-state index is 0.127. The van der Waals surface area contributed by atoms with Crippen LogP contribution in [0.15, 0.2) is 36.4 Å². The molecule has 0 bridgehead atoms. The number of nitrogens with zero attached hydrogens (tertiary/aromatic N) is 1. The zero-order valence-corrected chi connectivity index (χ0v) is 12.6. The van der Waals surface area contributed by atoms with E-state index in [-0.39, 0.29) is 5.91 Å². The van der Waals surface area contributed by atoms with E-state index in [0.29, 0.717) is 10.7 Å². The minimum atomic E-state index is -0.127. The van der Waals surface area contributed by atoms with Crippen LogP contribution in [0.5, 0.6) is 0 Å². The second kappa shape index (κ2) is 5.18. The van der Waals surface area contributed by atoms with Gasteiger partial charge in [-0.25, -0.2) is 4.98 Å². The quantitative estimate of drug-likeness (QED) is 0.757. The maximum Gasteiger partial charge on any atom is 0.255 e. The molecule has 0 saturated carbocycles. The molecule has 3 aromatic rings. The first-order valence-electron chi connectivity index (χ1n) is 6.57. The lowest BCUT2D eigenvalue weighted by Gasteiger charge is -2.09. The third kappa shape index (κ3) is 2.73. The molecule has 1 heterocycles. The third-order valence-electron chi connectivity index (χ3n) is 3.31. The number of aryl methyl sites for hydroxylation is 2. The van der Waals surface area contributed by atoms with Gasteiger partial charge < -0.3 is 11.1 Å². The highest BCUT2D eigenvalue weighted by Gasteiger charge is 2.10. The van der Waals surface area contributed by atoms with Crippen molar-refractivity contribution >= 4 is 38.3 Å². The van der Waals surface area contributed by atoms with Crippen molar-refractivity contribution in [2.24, 2.45) is 0 Å². The Morgan fingerprint density at radius 3 is 2.81 bits per heavy atom. The first-order chi connectivity index (χ1) is 10.0. The van der Waals surface area contributed by atoms with E-state index in [4.69, 9.17) is 5.73 Å². The van der Waals surface area contributed by atoms with E-state index in [1.54, 1.807) is 6.07 Å². The van der Waals surface area contributed by atoms with Crippen molar-refractivity contribution in [3.8, 4) is 0 Å². The molecule has 4 nitrogen and oxygen atoms in total. The van der Waals surface area contributed by atoms with Crippen LogP contribution < -0.4 is 11.1 Å². The molecule has 3 N–H and O–H groups in total. The van der Waals surface area contributed by atoms with Gasteiger partial charge in [0, 0.05) is 11.3 Å². The van der Waals surface area contributed by atoms with Crippen LogP contribution in [0.3, 0.4) is 0 Å². The van der Waals surface area contributed by atoms with Gasteiger partial charge in [-0.2, -0.15) is 0 Å². The molecule has 0 unspecified atom stereocenters. The van der Waals surface area contributed by atoms with E-state index in [1.807, 2.05) is 44.2 Å². The molecule has 0 saturated heterocycles. The molecular weight excluding hydrogens is 282 g/mol. The van der Waals surface area contributed by atoms with Crippen LogP contribution in [0.4, 0.5) is 10.8 Å². The average molecular weight is 297 g/mol. The molecule has 106 valence electrons. The third-order valence-corrected chi connectivity index (χ3v) is 4.16. The molecule has 0 aliphatic heterocycles. The number of aromatic nitrogens is 1. The number of amides is 1. The molecule has 0 radical (unpaired) electrons. The van der Waals surface area contributed by atoms with Gasteiger partial charge >= 0.3 is 0 Å². The molecule has 2 aromatic carbocycles. The van der Waals surface area contributed by atoms with Gasteiger partial charge in [0.25, 0.3) is 5.91 Å². The summed E-state index contributed by atoms with van der Waals surface area (Å²) in [5.74, 6) is -0.127. The molecule has 1 aromatic heterocycles. The molecule has 0 fully saturated rings. The number of nitrogen functional groups attached to an aromatic ring is 1. The second-order valence-corrected chi connectivity index (χ2v) is 6.07. The zero-order valence-electron chi connectivity index (χ0n) is 11.8. The molecule has 3 rings (SSSR count). The van der Waals surface area contributed by atoms with Crippen LogP contribution in [0.1, 0.15) is 21.5 Å². The van der Waals surface area contributed by atoms with Gasteiger partial charge in [-0.3, -0.25) is 4.79 Å². The van der Waals surface area contributed by atoms with Crippen molar-refractivity contribution in [3.05, 3.63) is 53.1 Å². The Bertz CT molecular complexity index is 839. The van der Waals surface area contributed by atoms with Crippen LogP contribution in [0, 0.1) is 13.8 Å². The van der Waals surface area contributed by atoms with Crippen molar-refractivity contribution in [2.45, 2.75) is 13.8 Å². The number of nitrogens with two attached hydrogens (primary N) is 1. The lowest BCUT2D eigenvalue weighted by Crippen LogP contribution is -2.12. The summed E-state index contributed by atoms with van der Waals surface area (Å²) in [5.41, 5.74) is 10.1. The van der Waals surface area contributed by atoms with Gasteiger partial charge in [0.05, 0.1) is 10.2 Å². The number of fused-ring (bicyclic) bond motifs is 1. The Kier molecular flexibility index (Phi) is 3.35. The van der Waals surface area contributed by atoms with Crippen LogP contribution in [0.2, 0.25) is 0 Å². The fraction of sp³-hybridized carbons (Fsp3) is 0.125. The summed E-state index contributed by atoms with van der Waals surface area (Å²) in [4.78, 5) is 16.6. The maximum atomic E-state index is 12.4. The lowest BCUT2D eigenvalue weighted by atomic mass is 10.1. The number of hydrogen-bond acceptors (Lipinski definition) is 4. The summed E-state index contributed by atoms with van der Waals surface area (Å²) < 4.78 is 0.918. The van der Waals surface area contributed by atoms with E-state index in [1.165, 1.54) is 11.3 Å². The number of rotatable bonds is 2. The monoisotopic (exact) mass is 297 g/mol. The smallest absolute Gasteiger partial charge is 0.255 e. The van der Waals surface area contributed by atoms with Crippen molar-refractivity contribution < 1.29 is 4.79 Å². The predicted molar refractivity (Wildman–Crippen MR) is 87.9 cm³/mol. The van der Waals surface area contributed by atoms with E-state index < -0.39 is 0 Å². The normalized spacial score (nSPS) is 10.8. The molecular formula is C16H15N3OS. The van der Waals surface area contributed by atoms with E-state index in [2.05, 4.69) is 10.3 Å². The van der Waals surface area contributed by atoms with Crippen LogP contribution >= 0.6 is 11.3 Å². The summed E-state index contributed by atoms with van der Waals surface area (Å²) >= 11 is 1.38. The highest BCUT2D eigenvalue weighted by atomic mass is 32.1. The fourth-order valence-corrected chi connectivity index (χ4v) is 2.92. The average Bonchev–Trinajstić information content (AvgIpc) is 2.81. The van der Waals surface area contributed by atoms with E-state index >= 15 is 0 Å². The van der Waals surface area contributed by atoms with Crippen LogP contribution in [0.25, 0.3) is 10.2 Å². The van der Waals surface area contributed by atoms with Gasteiger partial charge in [-0.15, -0.1) is 0 Å². The van der Waals surface area contributed by atoms with Crippen LogP contribution in [-0.2, 0) is 0 Å². The van der Waals surface area contributed by atoms with Gasteiger partial charge in [0.2, 0.25) is 0 Å². The Balaban J connectivity index is 1.91. The van der Waals surface area contributed by atoms with Gasteiger partial charge in [0.15, 0.2) is 5.13 Å². The molecule has 0 spiro atoms. The Hall–Kier alpha value is -2.40. The zero-order chi connectivity index (χ0) is 15.0. The number of carbonyl (C=O) groups is 1. The number of nitrogens with one attached hydrogen (secondary N) is 1. The summed E-state index contributed by atoms with van der Waals surface area (Å²) in [6.07, 6.45) is 0. The predicted octanol–water partition coefficient (Wildman–Crippen LogP) is 3.75. The SMILES string of the molecule is Cc1ccc(C)c(NC(=O)c2ccc3nc(N)sc3c2)c1. The summed E-state index contributed by atoms with van der Waals surface area (Å²) in [7, 11) is 0. The molecule has 0 aliphatic rings. The molecule has 21 heavy (non-hydrogen) atoms. The van der Waals surface area contributed by atoms with E-state index in [9.17, 15) is 4.79 Å². The summed E-state index contributed by atoms with van der Waals surface area (Å²) in [5, 5.41) is 3.46. The van der Waals surface area contributed by atoms with E-state index in [0.717, 1.165) is 27.0 Å². The topological polar surface area (TPSA) is 68.0 Å². The maximum absolute atomic E-state index is 12.4. The number of thiazole rings is 1. The number of benzene rings is 2. The summed E-state index contributed by atoms with van der Waals surface area (Å²) in [6.45, 7) is 3.98. The van der Waals surface area contributed by atoms with Gasteiger partial charge in [-0.1, -0.05) is 23.5 Å². The fourth-order valence-electron chi connectivity index (χ4n) is 2.15. The molecule has 0 aliphatic carbocycles. The van der Waals surface area contributed by atoms with Gasteiger partial charge in [-0.05, 0) is 49.2 Å². The van der Waals surface area contributed by atoms with Gasteiger partial charge in [0.1, 0.15) is 0 Å². The first-order valence-corrected chi connectivity index (χ1v) is 7.39. The Morgan fingerprint density at radius 1 is 1.19 bits per heavy atom. The lowest BCUT2D eigenvalue weighted by molar-refractivity contribution is 0.102. The minimum Gasteiger partial charge on any atom is -0.375 e. The Labute approximate surface area is 126 Å². The summed E-state index contributed by atoms with van der Waals surface area (Å²) in [6, 6.07) is 11.4. The highest BCUT2D eigenvalue weighted by Crippen LogP contribution is 2.25. The Morgan fingerprint density at radius 2 is 2.00 bits per heavy atom. The molecule has 0 atom stereocenters. The standard InChI is InChI=1S/C16H15N3OS/c1-9-3-4-10(2)13(7-9)18-15(20)11-5-6-12-14(8-11)21-16(17)19-12/h3-8H,1-2H3,(H2,17,19)(H,18,20). The largest absolute Gasteiger partial charge is 0.375 e. The van der Waals surface area contributed by atoms with Crippen molar-refractivity contribution in [1.82, 2.24) is 4.98 Å². The van der Waals surface area contributed by atoms with Crippen molar-refractivity contribution in [3.63, 3.8) is 0 Å². The second-order valence-electron chi connectivity index (χ2n) is 5.01. The highest BCUT2D eigenvalue weighted by molar-refractivity contribution is 7.22. The van der Waals surface area contributed by atoms with Crippen molar-refractivity contribution in [2.75, 3.05) is 11.1 Å². The van der Waals surface area contributed by atoms with Crippen LogP contribution in [-0.4, -0.2) is 10.9 Å². The molecule has 5 heteroatoms. The number of carbonyl (C=O) groups excluding carboxylic acids is 1. The first kappa shape index (κ1) is 13.6. The van der Waals surface area contributed by atoms with Crippen molar-refractivity contribution in [1.29, 1.82) is 0 Å². The molecule has 1 amide bonds. The number of anilines is 2. The number of hydrogen-bond donors (Lipinski definition) is 2.